The smallest absolute Gasteiger partial charge is 0.220 e. The van der Waals surface area contributed by atoms with Gasteiger partial charge in [-0.2, -0.15) is 0 Å². The molecule has 0 aromatic rings. The van der Waals surface area contributed by atoms with Crippen molar-refractivity contribution in [3.05, 3.63) is 0 Å². The van der Waals surface area contributed by atoms with Crippen molar-refractivity contribution in [3.63, 3.8) is 0 Å². The molecule has 17 heavy (non-hydrogen) atoms. The molecule has 2 unspecified atom stereocenters. The Hall–Kier alpha value is -0.610. The van der Waals surface area contributed by atoms with Crippen LogP contribution in [0.1, 0.15) is 46.0 Å². The highest BCUT2D eigenvalue weighted by Gasteiger charge is 2.25. The van der Waals surface area contributed by atoms with Gasteiger partial charge in [-0.1, -0.05) is 13.8 Å². The number of hydrogen-bond acceptors (Lipinski definition) is 3. The normalized spacial score (nSPS) is 24.2. The number of nitrogens with one attached hydrogen (secondary N) is 2. The van der Waals surface area contributed by atoms with Crippen LogP contribution in [0.4, 0.5) is 0 Å². The quantitative estimate of drug-likeness (QED) is 0.664. The fourth-order valence-electron chi connectivity index (χ4n) is 2.22. The summed E-state index contributed by atoms with van der Waals surface area (Å²) in [6, 6.07) is 0.820. The molecule has 1 rings (SSSR count). The second-order valence-corrected chi connectivity index (χ2v) is 5.15. The van der Waals surface area contributed by atoms with Gasteiger partial charge in [-0.15, -0.1) is 0 Å². The second-order valence-electron chi connectivity index (χ2n) is 5.15. The van der Waals surface area contributed by atoms with Gasteiger partial charge in [0.25, 0.3) is 0 Å². The van der Waals surface area contributed by atoms with Gasteiger partial charge in [0, 0.05) is 25.6 Å². The molecular weight excluding hydrogens is 216 g/mol. The first-order valence-corrected chi connectivity index (χ1v) is 6.67. The third kappa shape index (κ3) is 6.03. The van der Waals surface area contributed by atoms with Crippen molar-refractivity contribution in [1.82, 2.24) is 10.6 Å². The first-order chi connectivity index (χ1) is 8.11. The van der Waals surface area contributed by atoms with E-state index in [9.17, 15) is 4.79 Å². The molecule has 0 saturated heterocycles. The third-order valence-corrected chi connectivity index (χ3v) is 3.22. The zero-order valence-corrected chi connectivity index (χ0v) is 11.3. The van der Waals surface area contributed by atoms with Crippen molar-refractivity contribution in [3.8, 4) is 0 Å². The van der Waals surface area contributed by atoms with Gasteiger partial charge in [-0.05, 0) is 32.2 Å². The number of ether oxygens (including phenoxy) is 1. The van der Waals surface area contributed by atoms with Crippen molar-refractivity contribution in [2.45, 2.75) is 64.1 Å². The van der Waals surface area contributed by atoms with Crippen LogP contribution in [-0.4, -0.2) is 37.7 Å². The first kappa shape index (κ1) is 14.5. The fourth-order valence-corrected chi connectivity index (χ4v) is 2.22. The standard InChI is InChI=1S/C13H26N2O2/c1-10(2)14-8-4-5-13(16)15-11-6-7-12(9-11)17-3/h10-12,14H,4-9H2,1-3H3,(H,15,16). The summed E-state index contributed by atoms with van der Waals surface area (Å²) in [7, 11) is 1.74. The zero-order valence-electron chi connectivity index (χ0n) is 11.3. The molecule has 1 aliphatic rings. The van der Waals surface area contributed by atoms with Crippen LogP contribution >= 0.6 is 0 Å². The molecule has 1 amide bonds. The Morgan fingerprint density at radius 3 is 2.76 bits per heavy atom. The van der Waals surface area contributed by atoms with Gasteiger partial charge in [0.2, 0.25) is 5.91 Å². The van der Waals surface area contributed by atoms with E-state index < -0.39 is 0 Å². The molecule has 1 fully saturated rings. The van der Waals surface area contributed by atoms with Gasteiger partial charge in [0.05, 0.1) is 6.10 Å². The van der Waals surface area contributed by atoms with E-state index in [2.05, 4.69) is 24.5 Å². The Morgan fingerprint density at radius 2 is 2.18 bits per heavy atom. The maximum absolute atomic E-state index is 11.7. The molecule has 4 nitrogen and oxygen atoms in total. The van der Waals surface area contributed by atoms with Crippen molar-refractivity contribution in [1.29, 1.82) is 0 Å². The van der Waals surface area contributed by atoms with Gasteiger partial charge < -0.3 is 15.4 Å². The minimum atomic E-state index is 0.178. The van der Waals surface area contributed by atoms with Gasteiger partial charge in [-0.25, -0.2) is 0 Å². The number of amides is 1. The molecule has 0 bridgehead atoms. The summed E-state index contributed by atoms with van der Waals surface area (Å²) in [4.78, 5) is 11.7. The van der Waals surface area contributed by atoms with E-state index in [1.54, 1.807) is 7.11 Å². The van der Waals surface area contributed by atoms with Crippen LogP contribution in [0.3, 0.4) is 0 Å². The van der Waals surface area contributed by atoms with Crippen molar-refractivity contribution >= 4 is 5.91 Å². The van der Waals surface area contributed by atoms with Crippen LogP contribution in [-0.2, 0) is 9.53 Å². The topological polar surface area (TPSA) is 50.4 Å². The first-order valence-electron chi connectivity index (χ1n) is 6.67. The van der Waals surface area contributed by atoms with E-state index in [0.29, 0.717) is 24.6 Å². The summed E-state index contributed by atoms with van der Waals surface area (Å²) in [5.41, 5.74) is 0. The predicted molar refractivity (Wildman–Crippen MR) is 69.0 cm³/mol. The molecular formula is C13H26N2O2. The highest BCUT2D eigenvalue weighted by molar-refractivity contribution is 5.76. The molecule has 0 aromatic heterocycles. The Bertz CT molecular complexity index is 231. The van der Waals surface area contributed by atoms with Crippen LogP contribution < -0.4 is 10.6 Å². The van der Waals surface area contributed by atoms with Crippen molar-refractivity contribution in [2.24, 2.45) is 0 Å². The summed E-state index contributed by atoms with van der Waals surface area (Å²) in [6.45, 7) is 5.14. The second kappa shape index (κ2) is 7.67. The van der Waals surface area contributed by atoms with E-state index in [4.69, 9.17) is 4.74 Å². The van der Waals surface area contributed by atoms with Crippen molar-refractivity contribution in [2.75, 3.05) is 13.7 Å². The van der Waals surface area contributed by atoms with E-state index in [0.717, 1.165) is 32.2 Å². The Balaban J connectivity index is 2.05. The molecule has 1 aliphatic carbocycles. The lowest BCUT2D eigenvalue weighted by atomic mass is 10.2. The molecule has 0 spiro atoms. The van der Waals surface area contributed by atoms with E-state index >= 15 is 0 Å². The van der Waals surface area contributed by atoms with Gasteiger partial charge in [-0.3, -0.25) is 4.79 Å². The lowest BCUT2D eigenvalue weighted by Crippen LogP contribution is -2.34. The van der Waals surface area contributed by atoms with Crippen LogP contribution in [0, 0.1) is 0 Å². The maximum atomic E-state index is 11.7. The summed E-state index contributed by atoms with van der Waals surface area (Å²) < 4.78 is 5.29. The van der Waals surface area contributed by atoms with E-state index in [-0.39, 0.29) is 5.91 Å². The highest BCUT2D eigenvalue weighted by Crippen LogP contribution is 2.21. The molecule has 1 saturated carbocycles. The summed E-state index contributed by atoms with van der Waals surface area (Å²) in [5.74, 6) is 0.178. The van der Waals surface area contributed by atoms with Crippen molar-refractivity contribution < 1.29 is 9.53 Å². The van der Waals surface area contributed by atoms with E-state index in [1.165, 1.54) is 0 Å². The van der Waals surface area contributed by atoms with E-state index in [1.807, 2.05) is 0 Å². The fraction of sp³-hybridized carbons (Fsp3) is 0.923. The largest absolute Gasteiger partial charge is 0.381 e. The molecule has 4 heteroatoms. The number of hydrogen-bond donors (Lipinski definition) is 2. The molecule has 0 heterocycles. The Morgan fingerprint density at radius 1 is 1.41 bits per heavy atom. The average Bonchev–Trinajstić information content (AvgIpc) is 2.72. The number of methoxy groups -OCH3 is 1. The lowest BCUT2D eigenvalue weighted by molar-refractivity contribution is -0.121. The van der Waals surface area contributed by atoms with Gasteiger partial charge in [0.15, 0.2) is 0 Å². The zero-order chi connectivity index (χ0) is 12.7. The Labute approximate surface area is 104 Å². The molecule has 100 valence electrons. The van der Waals surface area contributed by atoms with Crippen LogP contribution in [0.25, 0.3) is 0 Å². The lowest BCUT2D eigenvalue weighted by Gasteiger charge is -2.13. The molecule has 0 aromatic carbocycles. The summed E-state index contributed by atoms with van der Waals surface area (Å²) in [6.07, 6.45) is 4.94. The maximum Gasteiger partial charge on any atom is 0.220 e. The summed E-state index contributed by atoms with van der Waals surface area (Å²) in [5, 5.41) is 6.40. The summed E-state index contributed by atoms with van der Waals surface area (Å²) >= 11 is 0. The van der Waals surface area contributed by atoms with Gasteiger partial charge in [0.1, 0.15) is 0 Å². The minimum Gasteiger partial charge on any atom is -0.381 e. The Kier molecular flexibility index (Phi) is 6.52. The van der Waals surface area contributed by atoms with Crippen LogP contribution in [0.5, 0.6) is 0 Å². The molecule has 2 N–H and O–H groups in total. The SMILES string of the molecule is COC1CCC(NC(=O)CCCNC(C)C)C1. The number of carbonyl (C=O) groups is 1. The monoisotopic (exact) mass is 242 g/mol. The highest BCUT2D eigenvalue weighted by atomic mass is 16.5. The molecule has 0 radical (unpaired) electrons. The van der Waals surface area contributed by atoms with Crippen LogP contribution in [0.15, 0.2) is 0 Å². The predicted octanol–water partition coefficient (Wildman–Crippen LogP) is 1.45. The average molecular weight is 242 g/mol. The minimum absolute atomic E-state index is 0.178. The molecule has 0 aliphatic heterocycles. The van der Waals surface area contributed by atoms with Gasteiger partial charge >= 0.3 is 0 Å². The van der Waals surface area contributed by atoms with Crippen LogP contribution in [0.2, 0.25) is 0 Å². The number of rotatable bonds is 7. The third-order valence-electron chi connectivity index (χ3n) is 3.22. The molecule has 2 atom stereocenters. The number of carbonyl (C=O) groups excluding carboxylic acids is 1.